The molecule has 86 valence electrons. The summed E-state index contributed by atoms with van der Waals surface area (Å²) in [6, 6.07) is 6.45. The Bertz CT molecular complexity index is 388. The van der Waals surface area contributed by atoms with Gasteiger partial charge in [0.2, 0.25) is 0 Å². The van der Waals surface area contributed by atoms with Crippen LogP contribution < -0.4 is 10.1 Å². The number of fused-ring (bicyclic) bond motifs is 1. The zero-order valence-electron chi connectivity index (χ0n) is 9.83. The maximum Gasteiger partial charge on any atom is 0.120 e. The van der Waals surface area contributed by atoms with Crippen molar-refractivity contribution in [3.63, 3.8) is 0 Å². The molecule has 1 fully saturated rings. The molecule has 2 nitrogen and oxygen atoms in total. The van der Waals surface area contributed by atoms with E-state index in [2.05, 4.69) is 30.4 Å². The molecule has 2 atom stereocenters. The van der Waals surface area contributed by atoms with Crippen molar-refractivity contribution < 1.29 is 4.74 Å². The van der Waals surface area contributed by atoms with Crippen molar-refractivity contribution in [2.45, 2.75) is 38.7 Å². The molecule has 1 aromatic rings. The molecule has 1 aliphatic heterocycles. The molecule has 16 heavy (non-hydrogen) atoms. The highest BCUT2D eigenvalue weighted by Crippen LogP contribution is 2.31. The molecular weight excluding hydrogens is 198 g/mol. The van der Waals surface area contributed by atoms with Crippen LogP contribution in [0, 0.1) is 5.92 Å². The van der Waals surface area contributed by atoms with E-state index in [9.17, 15) is 0 Å². The van der Waals surface area contributed by atoms with E-state index in [0.29, 0.717) is 6.10 Å². The molecule has 1 saturated carbocycles. The molecule has 2 unspecified atom stereocenters. The third-order valence-electron chi connectivity index (χ3n) is 3.74. The predicted molar refractivity (Wildman–Crippen MR) is 66.1 cm³/mol. The van der Waals surface area contributed by atoms with E-state index in [1.807, 2.05) is 0 Å². The maximum atomic E-state index is 6.04. The third kappa shape index (κ3) is 1.89. The molecule has 1 N–H and O–H groups in total. The van der Waals surface area contributed by atoms with Crippen LogP contribution in [0.2, 0.25) is 0 Å². The van der Waals surface area contributed by atoms with Gasteiger partial charge in [-0.25, -0.2) is 0 Å². The van der Waals surface area contributed by atoms with E-state index in [-0.39, 0.29) is 0 Å². The fourth-order valence-corrected chi connectivity index (χ4v) is 2.81. The molecule has 2 aliphatic rings. The number of hydrogen-bond acceptors (Lipinski definition) is 2. The zero-order valence-corrected chi connectivity index (χ0v) is 9.83. The van der Waals surface area contributed by atoms with E-state index in [4.69, 9.17) is 4.74 Å². The summed E-state index contributed by atoms with van der Waals surface area (Å²) in [5, 5.41) is 3.37. The SMILES string of the molecule is CC1CCC(Oc2ccc3c(c2)CCN3)C1. The van der Waals surface area contributed by atoms with Gasteiger partial charge in [0.15, 0.2) is 0 Å². The lowest BCUT2D eigenvalue weighted by atomic mass is 10.1. The van der Waals surface area contributed by atoms with E-state index in [1.54, 1.807) is 0 Å². The number of rotatable bonds is 2. The van der Waals surface area contributed by atoms with Gasteiger partial charge in [0.05, 0.1) is 6.10 Å². The van der Waals surface area contributed by atoms with Gasteiger partial charge in [-0.05, 0) is 55.4 Å². The number of nitrogens with one attached hydrogen (secondary N) is 1. The molecule has 1 aliphatic carbocycles. The smallest absolute Gasteiger partial charge is 0.120 e. The lowest BCUT2D eigenvalue weighted by Crippen LogP contribution is -2.11. The number of benzene rings is 1. The minimum atomic E-state index is 0.447. The Labute approximate surface area is 97.0 Å². The van der Waals surface area contributed by atoms with Crippen LogP contribution in [0.15, 0.2) is 18.2 Å². The largest absolute Gasteiger partial charge is 0.490 e. The van der Waals surface area contributed by atoms with Crippen LogP contribution >= 0.6 is 0 Å². The van der Waals surface area contributed by atoms with Gasteiger partial charge in [0.25, 0.3) is 0 Å². The average molecular weight is 217 g/mol. The number of ether oxygens (including phenoxy) is 1. The van der Waals surface area contributed by atoms with E-state index >= 15 is 0 Å². The second kappa shape index (κ2) is 4.00. The van der Waals surface area contributed by atoms with Crippen molar-refractivity contribution in [1.29, 1.82) is 0 Å². The highest BCUT2D eigenvalue weighted by atomic mass is 16.5. The number of anilines is 1. The van der Waals surface area contributed by atoms with Gasteiger partial charge in [0, 0.05) is 12.2 Å². The molecule has 1 aromatic carbocycles. The van der Waals surface area contributed by atoms with Gasteiger partial charge < -0.3 is 10.1 Å². The van der Waals surface area contributed by atoms with Gasteiger partial charge in [-0.2, -0.15) is 0 Å². The van der Waals surface area contributed by atoms with Crippen molar-refractivity contribution in [3.8, 4) is 5.75 Å². The quantitative estimate of drug-likeness (QED) is 0.821. The van der Waals surface area contributed by atoms with Gasteiger partial charge in [0.1, 0.15) is 5.75 Å². The fraction of sp³-hybridized carbons (Fsp3) is 0.571. The van der Waals surface area contributed by atoms with E-state index in [1.165, 1.54) is 30.5 Å². The first-order valence-corrected chi connectivity index (χ1v) is 6.35. The molecule has 0 amide bonds. The van der Waals surface area contributed by atoms with Gasteiger partial charge in [-0.1, -0.05) is 6.92 Å². The minimum Gasteiger partial charge on any atom is -0.490 e. The summed E-state index contributed by atoms with van der Waals surface area (Å²) in [5.41, 5.74) is 2.69. The summed E-state index contributed by atoms with van der Waals surface area (Å²) in [6.45, 7) is 3.38. The topological polar surface area (TPSA) is 21.3 Å². The van der Waals surface area contributed by atoms with E-state index in [0.717, 1.165) is 24.6 Å². The first kappa shape index (κ1) is 10.0. The first-order valence-electron chi connectivity index (χ1n) is 6.35. The molecule has 3 rings (SSSR count). The van der Waals surface area contributed by atoms with Crippen molar-refractivity contribution in [2.75, 3.05) is 11.9 Å². The van der Waals surface area contributed by atoms with Crippen LogP contribution in [0.25, 0.3) is 0 Å². The van der Waals surface area contributed by atoms with Gasteiger partial charge in [-0.15, -0.1) is 0 Å². The Morgan fingerprint density at radius 2 is 2.25 bits per heavy atom. The predicted octanol–water partition coefficient (Wildman–Crippen LogP) is 3.22. The van der Waals surface area contributed by atoms with Gasteiger partial charge in [-0.3, -0.25) is 0 Å². The third-order valence-corrected chi connectivity index (χ3v) is 3.74. The van der Waals surface area contributed by atoms with Crippen molar-refractivity contribution in [3.05, 3.63) is 23.8 Å². The average Bonchev–Trinajstić information content (AvgIpc) is 2.87. The van der Waals surface area contributed by atoms with Crippen molar-refractivity contribution in [1.82, 2.24) is 0 Å². The molecule has 0 radical (unpaired) electrons. The highest BCUT2D eigenvalue weighted by molar-refractivity contribution is 5.57. The minimum absolute atomic E-state index is 0.447. The summed E-state index contributed by atoms with van der Waals surface area (Å²) >= 11 is 0. The number of hydrogen-bond donors (Lipinski definition) is 1. The monoisotopic (exact) mass is 217 g/mol. The van der Waals surface area contributed by atoms with Crippen LogP contribution in [-0.2, 0) is 6.42 Å². The molecule has 0 saturated heterocycles. The Hall–Kier alpha value is -1.18. The summed E-state index contributed by atoms with van der Waals surface area (Å²) in [5.74, 6) is 1.89. The van der Waals surface area contributed by atoms with Crippen LogP contribution in [0.4, 0.5) is 5.69 Å². The maximum absolute atomic E-state index is 6.04. The molecular formula is C14H19NO. The first-order chi connectivity index (χ1) is 7.81. The van der Waals surface area contributed by atoms with Crippen LogP contribution in [0.5, 0.6) is 5.75 Å². The summed E-state index contributed by atoms with van der Waals surface area (Å²) in [7, 11) is 0. The summed E-state index contributed by atoms with van der Waals surface area (Å²) in [4.78, 5) is 0. The van der Waals surface area contributed by atoms with Crippen molar-refractivity contribution in [2.24, 2.45) is 5.92 Å². The molecule has 0 bridgehead atoms. The molecule has 0 spiro atoms. The standard InChI is InChI=1S/C14H19NO/c1-10-2-3-12(8-10)16-13-4-5-14-11(9-13)6-7-15-14/h4-5,9-10,12,15H,2-3,6-8H2,1H3. The normalized spacial score (nSPS) is 27.6. The zero-order chi connectivity index (χ0) is 11.0. The Balaban J connectivity index is 1.71. The lowest BCUT2D eigenvalue weighted by Gasteiger charge is -2.14. The molecule has 0 aromatic heterocycles. The molecule has 1 heterocycles. The van der Waals surface area contributed by atoms with E-state index < -0.39 is 0 Å². The lowest BCUT2D eigenvalue weighted by molar-refractivity contribution is 0.205. The van der Waals surface area contributed by atoms with Crippen molar-refractivity contribution >= 4 is 5.69 Å². The Morgan fingerprint density at radius 1 is 1.31 bits per heavy atom. The van der Waals surface area contributed by atoms with Crippen LogP contribution in [-0.4, -0.2) is 12.6 Å². The van der Waals surface area contributed by atoms with Crippen LogP contribution in [0.3, 0.4) is 0 Å². The fourth-order valence-electron chi connectivity index (χ4n) is 2.81. The van der Waals surface area contributed by atoms with Gasteiger partial charge >= 0.3 is 0 Å². The van der Waals surface area contributed by atoms with Crippen LogP contribution in [0.1, 0.15) is 31.7 Å². The second-order valence-corrected chi connectivity index (χ2v) is 5.15. The Kier molecular flexibility index (Phi) is 2.50. The highest BCUT2D eigenvalue weighted by Gasteiger charge is 2.23. The molecule has 2 heteroatoms. The second-order valence-electron chi connectivity index (χ2n) is 5.15. The summed E-state index contributed by atoms with van der Waals surface area (Å²) in [6.07, 6.45) is 5.33. The summed E-state index contributed by atoms with van der Waals surface area (Å²) < 4.78 is 6.04. The Morgan fingerprint density at radius 3 is 3.06 bits per heavy atom.